The number of hydrogen-bond donors (Lipinski definition) is 1. The highest BCUT2D eigenvalue weighted by Crippen LogP contribution is 2.38. The summed E-state index contributed by atoms with van der Waals surface area (Å²) in [6, 6.07) is 0. The molecule has 5 heteroatoms. The van der Waals surface area contributed by atoms with Gasteiger partial charge in [0.15, 0.2) is 0 Å². The number of piperidine rings is 1. The lowest BCUT2D eigenvalue weighted by atomic mass is 9.73. The SMILES string of the molecule is CC(C)(C)OC(=O)N1CCC2(CC1)CN(N)C2. The van der Waals surface area contributed by atoms with Crippen LogP contribution in [0.1, 0.15) is 33.6 Å². The fourth-order valence-electron chi connectivity index (χ4n) is 2.62. The summed E-state index contributed by atoms with van der Waals surface area (Å²) in [6.07, 6.45) is 1.90. The third kappa shape index (κ3) is 2.90. The zero-order chi connectivity index (χ0) is 12.7. The molecule has 2 N–H and O–H groups in total. The molecule has 0 bridgehead atoms. The number of hydrazine groups is 1. The first-order chi connectivity index (χ1) is 7.80. The van der Waals surface area contributed by atoms with E-state index in [4.69, 9.17) is 10.6 Å². The summed E-state index contributed by atoms with van der Waals surface area (Å²) in [5.41, 5.74) is -0.0377. The van der Waals surface area contributed by atoms with Crippen LogP contribution in [-0.4, -0.2) is 47.8 Å². The van der Waals surface area contributed by atoms with E-state index in [-0.39, 0.29) is 6.09 Å². The van der Waals surface area contributed by atoms with Crippen LogP contribution < -0.4 is 5.84 Å². The summed E-state index contributed by atoms with van der Waals surface area (Å²) in [5, 5.41) is 1.85. The molecule has 0 aromatic heterocycles. The third-order valence-corrected chi connectivity index (χ3v) is 3.55. The van der Waals surface area contributed by atoms with Crippen molar-refractivity contribution in [2.75, 3.05) is 26.2 Å². The first kappa shape index (κ1) is 12.6. The van der Waals surface area contributed by atoms with Crippen LogP contribution in [0.2, 0.25) is 0 Å². The molecular weight excluding hydrogens is 218 g/mol. The minimum atomic E-state index is -0.406. The number of nitrogens with zero attached hydrogens (tertiary/aromatic N) is 2. The van der Waals surface area contributed by atoms with Crippen molar-refractivity contribution >= 4 is 6.09 Å². The Kier molecular flexibility index (Phi) is 3.08. The molecule has 2 fully saturated rings. The van der Waals surface area contributed by atoms with Crippen molar-refractivity contribution in [3.63, 3.8) is 0 Å². The first-order valence-corrected chi connectivity index (χ1v) is 6.27. The summed E-state index contributed by atoms with van der Waals surface area (Å²) in [6.45, 7) is 9.22. The minimum Gasteiger partial charge on any atom is -0.444 e. The number of carbonyl (C=O) groups excluding carboxylic acids is 1. The quantitative estimate of drug-likeness (QED) is 0.647. The van der Waals surface area contributed by atoms with Crippen molar-refractivity contribution in [2.45, 2.75) is 39.2 Å². The molecule has 2 heterocycles. The molecule has 17 heavy (non-hydrogen) atoms. The summed E-state index contributed by atoms with van der Waals surface area (Å²) >= 11 is 0. The zero-order valence-corrected chi connectivity index (χ0v) is 11.0. The van der Waals surface area contributed by atoms with Crippen molar-refractivity contribution in [3.05, 3.63) is 0 Å². The van der Waals surface area contributed by atoms with Crippen molar-refractivity contribution in [3.8, 4) is 0 Å². The van der Waals surface area contributed by atoms with Gasteiger partial charge in [0.25, 0.3) is 0 Å². The van der Waals surface area contributed by atoms with Gasteiger partial charge < -0.3 is 9.64 Å². The van der Waals surface area contributed by atoms with Gasteiger partial charge >= 0.3 is 6.09 Å². The van der Waals surface area contributed by atoms with E-state index in [1.165, 1.54) is 0 Å². The molecule has 2 rings (SSSR count). The van der Waals surface area contributed by atoms with Gasteiger partial charge in [-0.15, -0.1) is 0 Å². The number of likely N-dealkylation sites (tertiary alicyclic amines) is 1. The van der Waals surface area contributed by atoms with E-state index in [0.717, 1.165) is 39.0 Å². The van der Waals surface area contributed by atoms with Gasteiger partial charge in [0.2, 0.25) is 0 Å². The topological polar surface area (TPSA) is 58.8 Å². The molecule has 1 spiro atoms. The average molecular weight is 241 g/mol. The van der Waals surface area contributed by atoms with Gasteiger partial charge in [-0.3, -0.25) is 5.84 Å². The normalized spacial score (nSPS) is 24.6. The van der Waals surface area contributed by atoms with Crippen molar-refractivity contribution < 1.29 is 9.53 Å². The highest BCUT2D eigenvalue weighted by atomic mass is 16.6. The second-order valence-electron chi connectivity index (χ2n) is 6.37. The van der Waals surface area contributed by atoms with Crippen molar-refractivity contribution in [1.82, 2.24) is 9.91 Å². The van der Waals surface area contributed by atoms with E-state index in [9.17, 15) is 4.79 Å². The molecule has 98 valence electrons. The fourth-order valence-corrected chi connectivity index (χ4v) is 2.62. The van der Waals surface area contributed by atoms with Crippen LogP contribution >= 0.6 is 0 Å². The van der Waals surface area contributed by atoms with Gasteiger partial charge in [-0.05, 0) is 33.6 Å². The second-order valence-corrected chi connectivity index (χ2v) is 6.37. The van der Waals surface area contributed by atoms with Crippen molar-refractivity contribution in [2.24, 2.45) is 11.3 Å². The fraction of sp³-hybridized carbons (Fsp3) is 0.917. The average Bonchev–Trinajstić information content (AvgIpc) is 2.14. The summed E-state index contributed by atoms with van der Waals surface area (Å²) in [7, 11) is 0. The number of amides is 1. The summed E-state index contributed by atoms with van der Waals surface area (Å²) < 4.78 is 5.37. The van der Waals surface area contributed by atoms with E-state index in [1.807, 2.05) is 30.7 Å². The van der Waals surface area contributed by atoms with E-state index < -0.39 is 5.60 Å². The van der Waals surface area contributed by atoms with Crippen molar-refractivity contribution in [1.29, 1.82) is 0 Å². The largest absolute Gasteiger partial charge is 0.444 e. The summed E-state index contributed by atoms with van der Waals surface area (Å²) in [5.74, 6) is 5.69. The lowest BCUT2D eigenvalue weighted by molar-refractivity contribution is -0.0517. The molecule has 0 radical (unpaired) electrons. The highest BCUT2D eigenvalue weighted by molar-refractivity contribution is 5.68. The molecule has 2 aliphatic rings. The van der Waals surface area contributed by atoms with Gasteiger partial charge in [-0.25, -0.2) is 9.80 Å². The Bertz CT molecular complexity index is 295. The van der Waals surface area contributed by atoms with E-state index in [2.05, 4.69) is 0 Å². The van der Waals surface area contributed by atoms with Crippen LogP contribution in [0.3, 0.4) is 0 Å². The molecule has 0 atom stereocenters. The zero-order valence-electron chi connectivity index (χ0n) is 11.0. The maximum atomic E-state index is 11.9. The van der Waals surface area contributed by atoms with Crippen LogP contribution in [0, 0.1) is 5.41 Å². The monoisotopic (exact) mass is 241 g/mol. The first-order valence-electron chi connectivity index (χ1n) is 6.27. The standard InChI is InChI=1S/C12H23N3O2/c1-11(2,3)17-10(16)14-6-4-12(5-7-14)8-15(13)9-12/h4-9,13H2,1-3H3. The van der Waals surface area contributed by atoms with Gasteiger partial charge in [-0.2, -0.15) is 0 Å². The van der Waals surface area contributed by atoms with E-state index in [1.54, 1.807) is 0 Å². The Morgan fingerprint density at radius 2 is 1.76 bits per heavy atom. The number of nitrogens with two attached hydrogens (primary N) is 1. The maximum Gasteiger partial charge on any atom is 0.410 e. The number of rotatable bonds is 0. The molecule has 0 aromatic carbocycles. The van der Waals surface area contributed by atoms with Gasteiger partial charge in [0.1, 0.15) is 5.60 Å². The Balaban J connectivity index is 1.81. The smallest absolute Gasteiger partial charge is 0.410 e. The third-order valence-electron chi connectivity index (χ3n) is 3.55. The van der Waals surface area contributed by atoms with Gasteiger partial charge in [0.05, 0.1) is 0 Å². The van der Waals surface area contributed by atoms with Crippen LogP contribution in [-0.2, 0) is 4.74 Å². The van der Waals surface area contributed by atoms with Gasteiger partial charge in [0, 0.05) is 31.6 Å². The number of ether oxygens (including phenoxy) is 1. The molecule has 0 aromatic rings. The molecule has 2 saturated heterocycles. The van der Waals surface area contributed by atoms with Crippen LogP contribution in [0.4, 0.5) is 4.79 Å². The summed E-state index contributed by atoms with van der Waals surface area (Å²) in [4.78, 5) is 13.7. The second kappa shape index (κ2) is 4.14. The Labute approximate surface area is 103 Å². The predicted molar refractivity (Wildman–Crippen MR) is 65.2 cm³/mol. The molecule has 0 unspecified atom stereocenters. The van der Waals surface area contributed by atoms with Crippen LogP contribution in [0.25, 0.3) is 0 Å². The maximum absolute atomic E-state index is 11.9. The van der Waals surface area contributed by atoms with E-state index in [0.29, 0.717) is 5.41 Å². The predicted octanol–water partition coefficient (Wildman–Crippen LogP) is 1.19. The van der Waals surface area contributed by atoms with Crippen LogP contribution in [0.15, 0.2) is 0 Å². The molecular formula is C12H23N3O2. The highest BCUT2D eigenvalue weighted by Gasteiger charge is 2.44. The Morgan fingerprint density at radius 3 is 2.18 bits per heavy atom. The molecule has 5 nitrogen and oxygen atoms in total. The number of carbonyl (C=O) groups is 1. The molecule has 2 aliphatic heterocycles. The number of hydrogen-bond acceptors (Lipinski definition) is 4. The minimum absolute atomic E-state index is 0.184. The lowest BCUT2D eigenvalue weighted by Gasteiger charge is -2.52. The van der Waals surface area contributed by atoms with Crippen LogP contribution in [0.5, 0.6) is 0 Å². The molecule has 0 saturated carbocycles. The molecule has 1 amide bonds. The Morgan fingerprint density at radius 1 is 1.24 bits per heavy atom. The van der Waals surface area contributed by atoms with Gasteiger partial charge in [-0.1, -0.05) is 0 Å². The Hall–Kier alpha value is -0.810. The lowest BCUT2D eigenvalue weighted by Crippen LogP contribution is -2.63. The molecule has 0 aliphatic carbocycles. The van der Waals surface area contributed by atoms with E-state index >= 15 is 0 Å².